The summed E-state index contributed by atoms with van der Waals surface area (Å²) in [6.07, 6.45) is -18.2. The Bertz CT molecular complexity index is 3190. The minimum Gasteiger partial charge on any atom is -0.481 e. The molecule has 0 aromatic carbocycles. The highest BCUT2D eigenvalue weighted by Gasteiger charge is 2.48. The molecule has 8 N–H and O–H groups in total. The van der Waals surface area contributed by atoms with Gasteiger partial charge in [0.15, 0.2) is 0 Å². The standard InChI is InChI=1S/C10H17F2NO6S.C10H18FNO6S.2C7H13F2NO4S.2C7H14FNO4S/c1-9(2,3)19-10(11,12)8(16)13-20(17,18)6-4-5-7(14)15;1-10(2,3)18-8(11)9(15)12-19(16,17)6-4-5-7(13)14;2*1-6(2,3)14-7(8,9)5(11)10-15(4,12)13;2*1-7(2,3)13-5(8)6(10)9-14(4,11)12/h4-6H2,1-3H3,(H,13,16)(H,14,15);8H,4-6H2,1-3H3,(H,12,15)(H,13,14);2*1-4H3,(H,10,11);2*5H,1-4H3,(H,9,10). The summed E-state index contributed by atoms with van der Waals surface area (Å²) in [7, 11) is -23.9. The van der Waals surface area contributed by atoms with Crippen LogP contribution in [0.3, 0.4) is 0 Å². The number of sulfonamides is 6. The average Bonchev–Trinajstić information content (AvgIpc) is 0.918. The van der Waals surface area contributed by atoms with Crippen LogP contribution < -0.4 is 28.3 Å². The maximum atomic E-state index is 13.3. The van der Waals surface area contributed by atoms with Crippen LogP contribution in [0.4, 0.5) is 39.5 Å². The molecule has 3 unspecified atom stereocenters. The number of hydrogen-bond donors (Lipinski definition) is 8. The molecule has 0 fully saturated rings. The Morgan fingerprint density at radius 1 is 0.330 bits per heavy atom. The van der Waals surface area contributed by atoms with Gasteiger partial charge in [0.25, 0.3) is 36.8 Å². The lowest BCUT2D eigenvalue weighted by atomic mass is 10.2. The van der Waals surface area contributed by atoms with E-state index >= 15 is 0 Å². The van der Waals surface area contributed by atoms with Crippen molar-refractivity contribution in [3.8, 4) is 0 Å². The predicted molar refractivity (Wildman–Crippen MR) is 324 cm³/mol. The monoisotopic (exact) mass is 1560 g/mol. The number of alkyl halides is 9. The van der Waals surface area contributed by atoms with E-state index in [4.69, 9.17) is 10.2 Å². The molecule has 34 nitrogen and oxygen atoms in total. The number of halogens is 9. The van der Waals surface area contributed by atoms with Crippen LogP contribution in [0.25, 0.3) is 0 Å². The Morgan fingerprint density at radius 3 is 0.691 bits per heavy atom. The van der Waals surface area contributed by atoms with Crippen molar-refractivity contribution in [1.29, 1.82) is 0 Å². The van der Waals surface area contributed by atoms with Crippen LogP contribution in [0.5, 0.6) is 0 Å². The van der Waals surface area contributed by atoms with Crippen molar-refractivity contribution in [2.45, 2.75) is 221 Å². The van der Waals surface area contributed by atoms with E-state index in [1.807, 2.05) is 0 Å². The number of amides is 6. The Balaban J connectivity index is -0.000000258. The third kappa shape index (κ3) is 68.9. The highest BCUT2D eigenvalue weighted by molar-refractivity contribution is 7.91. The van der Waals surface area contributed by atoms with E-state index in [0.29, 0.717) is 12.5 Å². The van der Waals surface area contributed by atoms with Gasteiger partial charge in [-0.1, -0.05) is 0 Å². The normalized spacial score (nSPS) is 14.0. The minimum absolute atomic E-state index is 0.172. The van der Waals surface area contributed by atoms with Crippen LogP contribution in [0.1, 0.15) is 150 Å². The molecule has 0 aromatic heterocycles. The van der Waals surface area contributed by atoms with Gasteiger partial charge in [0.2, 0.25) is 60.1 Å². The second-order valence-corrected chi connectivity index (χ2v) is 35.9. The van der Waals surface area contributed by atoms with E-state index in [2.05, 4.69) is 28.4 Å². The molecule has 0 aliphatic heterocycles. The fourth-order valence-corrected chi connectivity index (χ4v) is 8.51. The molecule has 0 aromatic rings. The lowest BCUT2D eigenvalue weighted by molar-refractivity contribution is -0.266. The molecule has 49 heteroatoms. The SMILES string of the molecule is CC(C)(C)OC(F)(F)C(=O)NS(=O)(=O)CCCC(=O)O.CC(C)(C)OC(F)(F)C(=O)NS(C)(=O)=O.CC(C)(C)OC(F)(F)C(=O)NS(C)(=O)=O.CC(C)(C)OC(F)C(=O)NS(=O)(=O)CCCC(=O)O.CC(C)(C)OC(F)C(=O)NS(C)(=O)=O.CC(C)(C)OC(F)C(=O)NS(C)(=O)=O. The Hall–Kier alpha value is -5.41. The number of carboxylic acid groups (broad SMARTS) is 2. The van der Waals surface area contributed by atoms with Crippen LogP contribution in [0.15, 0.2) is 0 Å². The molecule has 0 saturated heterocycles. The van der Waals surface area contributed by atoms with Crippen LogP contribution in [0, 0.1) is 0 Å². The van der Waals surface area contributed by atoms with E-state index in [1.165, 1.54) is 97.3 Å². The first-order valence-corrected chi connectivity index (χ1v) is 37.5. The van der Waals surface area contributed by atoms with Crippen LogP contribution in [-0.2, 0) is 127 Å². The smallest absolute Gasteiger partial charge is 0.437 e. The van der Waals surface area contributed by atoms with Gasteiger partial charge in [-0.25, -0.2) is 92.0 Å². The zero-order chi connectivity index (χ0) is 79.6. The first kappa shape index (κ1) is 103. The van der Waals surface area contributed by atoms with Gasteiger partial charge in [-0.2, -0.15) is 26.3 Å². The van der Waals surface area contributed by atoms with Crippen molar-refractivity contribution in [2.75, 3.05) is 36.5 Å². The number of ether oxygens (including phenoxy) is 6. The number of carbonyl (C=O) groups is 8. The molecular weight excluding hydrogens is 1470 g/mol. The summed E-state index contributed by atoms with van der Waals surface area (Å²) in [5.74, 6) is -13.9. The number of nitrogens with one attached hydrogen (secondary N) is 6. The molecule has 6 amide bonds. The Labute approximate surface area is 558 Å². The maximum absolute atomic E-state index is 13.3. The number of carbonyl (C=O) groups excluding carboxylic acids is 6. The van der Waals surface area contributed by atoms with Gasteiger partial charge in [-0.15, -0.1) is 0 Å². The Kier molecular flexibility index (Phi) is 41.8. The van der Waals surface area contributed by atoms with Gasteiger partial charge in [-0.3, -0.25) is 38.4 Å². The number of aliphatic carboxylic acids is 2. The van der Waals surface area contributed by atoms with E-state index in [1.54, 1.807) is 41.5 Å². The molecule has 0 bridgehead atoms. The summed E-state index contributed by atoms with van der Waals surface area (Å²) >= 11 is 0. The topological polar surface area (TPSA) is 509 Å². The number of rotatable bonds is 26. The van der Waals surface area contributed by atoms with Gasteiger partial charge < -0.3 is 38.6 Å². The lowest BCUT2D eigenvalue weighted by Gasteiger charge is -2.25. The molecule has 3 atom stereocenters. The molecule has 0 aliphatic rings. The second-order valence-electron chi connectivity index (χ2n) is 25.2. The molecule has 0 radical (unpaired) electrons. The van der Waals surface area contributed by atoms with Crippen LogP contribution in [-0.4, -0.2) is 216 Å². The van der Waals surface area contributed by atoms with Crippen molar-refractivity contribution in [1.82, 2.24) is 28.3 Å². The lowest BCUT2D eigenvalue weighted by Crippen LogP contribution is -2.48. The van der Waals surface area contributed by atoms with E-state index < -0.39 is 196 Å². The summed E-state index contributed by atoms with van der Waals surface area (Å²) in [5.41, 5.74) is -6.53. The fourth-order valence-electron chi connectivity index (χ4n) is 4.63. The van der Waals surface area contributed by atoms with E-state index in [9.17, 15) is 128 Å². The molecule has 0 heterocycles. The van der Waals surface area contributed by atoms with Crippen LogP contribution >= 0.6 is 0 Å². The summed E-state index contributed by atoms with van der Waals surface area (Å²) in [6.45, 7) is 25.5. The van der Waals surface area contributed by atoms with E-state index in [-0.39, 0.29) is 19.3 Å². The molecular formula is C48H89F9N6O28S6. The van der Waals surface area contributed by atoms with Crippen LogP contribution in [0.2, 0.25) is 0 Å². The van der Waals surface area contributed by atoms with Gasteiger partial charge >= 0.3 is 48.0 Å². The number of carboxylic acids is 2. The fraction of sp³-hybridized carbons (Fsp3) is 0.833. The largest absolute Gasteiger partial charge is 0.481 e. The second kappa shape index (κ2) is 39.5. The van der Waals surface area contributed by atoms with Crippen molar-refractivity contribution in [3.05, 3.63) is 0 Å². The van der Waals surface area contributed by atoms with E-state index in [0.717, 1.165) is 26.7 Å². The van der Waals surface area contributed by atoms with Crippen molar-refractivity contribution in [3.63, 3.8) is 0 Å². The molecule has 0 saturated carbocycles. The minimum atomic E-state index is -4.34. The predicted octanol–water partition coefficient (Wildman–Crippen LogP) is 2.40. The number of hydrogen-bond acceptors (Lipinski definition) is 26. The first-order valence-electron chi connectivity index (χ1n) is 26.7. The highest BCUT2D eigenvalue weighted by Crippen LogP contribution is 2.26. The molecule has 0 aliphatic carbocycles. The first-order chi connectivity index (χ1) is 41.9. The quantitative estimate of drug-likeness (QED) is 0.0576. The zero-order valence-corrected chi connectivity index (χ0v) is 61.7. The maximum Gasteiger partial charge on any atom is 0.437 e. The summed E-state index contributed by atoms with van der Waals surface area (Å²) in [6, 6.07) is 0. The third-order valence-electron chi connectivity index (χ3n) is 7.33. The average molecular weight is 1560 g/mol. The molecule has 0 spiro atoms. The van der Waals surface area contributed by atoms with Gasteiger partial charge in [-0.05, 0) is 137 Å². The van der Waals surface area contributed by atoms with Gasteiger partial charge in [0, 0.05) is 12.8 Å². The molecule has 97 heavy (non-hydrogen) atoms. The van der Waals surface area contributed by atoms with Crippen molar-refractivity contribution in [2.24, 2.45) is 0 Å². The zero-order valence-electron chi connectivity index (χ0n) is 56.8. The van der Waals surface area contributed by atoms with Crippen molar-refractivity contribution < 1.29 is 167 Å². The summed E-state index contributed by atoms with van der Waals surface area (Å²) in [4.78, 5) is 86.1. The summed E-state index contributed by atoms with van der Waals surface area (Å²) in [5, 5.41) is 16.7. The highest BCUT2D eigenvalue weighted by atomic mass is 32.2. The van der Waals surface area contributed by atoms with Gasteiger partial charge in [0.1, 0.15) is 0 Å². The molecule has 0 rings (SSSR count). The third-order valence-corrected chi connectivity index (χ3v) is 12.2. The van der Waals surface area contributed by atoms with Gasteiger partial charge in [0.05, 0.1) is 70.1 Å². The summed E-state index contributed by atoms with van der Waals surface area (Å²) < 4.78 is 281. The van der Waals surface area contributed by atoms with Crippen molar-refractivity contribution >= 4 is 108 Å². The molecule has 578 valence electrons. The Morgan fingerprint density at radius 2 is 0.515 bits per heavy atom.